The van der Waals surface area contributed by atoms with Gasteiger partial charge in [-0.15, -0.1) is 0 Å². The zero-order valence-electron chi connectivity index (χ0n) is 13.5. The van der Waals surface area contributed by atoms with E-state index in [1.165, 1.54) is 0 Å². The number of halogens is 2. The first-order valence-electron chi connectivity index (χ1n) is 7.36. The fourth-order valence-electron chi connectivity index (χ4n) is 2.55. The molecule has 0 aliphatic heterocycles. The summed E-state index contributed by atoms with van der Waals surface area (Å²) in [6.07, 6.45) is 0. The van der Waals surface area contributed by atoms with Gasteiger partial charge in [0.1, 0.15) is 17.2 Å². The van der Waals surface area contributed by atoms with Gasteiger partial charge in [-0.05, 0) is 36.4 Å². The summed E-state index contributed by atoms with van der Waals surface area (Å²) in [5, 5.41) is 15.0. The third kappa shape index (κ3) is 3.31. The van der Waals surface area contributed by atoms with Crippen LogP contribution in [0.15, 0.2) is 40.9 Å². The number of ether oxygens (including phenoxy) is 2. The van der Waals surface area contributed by atoms with E-state index in [1.807, 2.05) is 0 Å². The van der Waals surface area contributed by atoms with E-state index >= 15 is 0 Å². The molecule has 130 valence electrons. The number of hydrogen-bond donors (Lipinski definition) is 1. The molecule has 0 bridgehead atoms. The van der Waals surface area contributed by atoms with Crippen molar-refractivity contribution in [3.05, 3.63) is 52.0 Å². The van der Waals surface area contributed by atoms with Crippen molar-refractivity contribution in [1.29, 1.82) is 0 Å². The normalized spacial score (nSPS) is 10.8. The maximum absolute atomic E-state index is 9.91. The van der Waals surface area contributed by atoms with E-state index in [4.69, 9.17) is 37.2 Å². The number of aliphatic hydroxyl groups excluding tert-OH is 1. The smallest absolute Gasteiger partial charge is 0.174 e. The van der Waals surface area contributed by atoms with Crippen molar-refractivity contribution in [3.8, 4) is 34.1 Å². The molecular weight excluding hydrogens is 365 g/mol. The molecule has 0 saturated carbocycles. The summed E-state index contributed by atoms with van der Waals surface area (Å²) >= 11 is 12.3. The number of aliphatic hydroxyl groups is 1. The summed E-state index contributed by atoms with van der Waals surface area (Å²) in [7, 11) is 3.12. The lowest BCUT2D eigenvalue weighted by molar-refractivity contribution is 0.281. The molecule has 3 aromatic rings. The Labute approximate surface area is 154 Å². The Kier molecular flexibility index (Phi) is 5.18. The van der Waals surface area contributed by atoms with E-state index in [0.29, 0.717) is 49.7 Å². The van der Waals surface area contributed by atoms with E-state index in [9.17, 15) is 5.11 Å². The van der Waals surface area contributed by atoms with Crippen molar-refractivity contribution in [3.63, 3.8) is 0 Å². The maximum Gasteiger partial charge on any atom is 0.174 e. The molecular formula is C18H15Cl2NO4. The molecule has 5 nitrogen and oxygen atoms in total. The third-order valence-corrected chi connectivity index (χ3v) is 4.35. The standard InChI is InChI=1S/C18H15Cl2NO4/c1-23-11-4-6-16(24-2)13(8-11)17-14(9-22)18(25-21-17)12-7-10(19)3-5-15(12)20/h3-8,22H,9H2,1-2H3. The van der Waals surface area contributed by atoms with Crippen LogP contribution in [0.5, 0.6) is 11.5 Å². The second kappa shape index (κ2) is 7.35. The fourth-order valence-corrected chi connectivity index (χ4v) is 2.93. The van der Waals surface area contributed by atoms with Crippen LogP contribution in [0.25, 0.3) is 22.6 Å². The molecule has 1 N–H and O–H groups in total. The van der Waals surface area contributed by atoms with Crippen LogP contribution in [0, 0.1) is 0 Å². The number of methoxy groups -OCH3 is 2. The lowest BCUT2D eigenvalue weighted by atomic mass is 10.0. The summed E-state index contributed by atoms with van der Waals surface area (Å²) in [4.78, 5) is 0. The minimum Gasteiger partial charge on any atom is -0.497 e. The molecule has 0 fully saturated rings. The van der Waals surface area contributed by atoms with Crippen molar-refractivity contribution in [2.45, 2.75) is 6.61 Å². The summed E-state index contributed by atoms with van der Waals surface area (Å²) < 4.78 is 16.1. The molecule has 0 aliphatic rings. The van der Waals surface area contributed by atoms with E-state index < -0.39 is 0 Å². The van der Waals surface area contributed by atoms with Crippen molar-refractivity contribution >= 4 is 23.2 Å². The molecule has 0 aliphatic carbocycles. The molecule has 25 heavy (non-hydrogen) atoms. The molecule has 0 atom stereocenters. The van der Waals surface area contributed by atoms with E-state index in [0.717, 1.165) is 0 Å². The first-order chi connectivity index (χ1) is 12.1. The minimum atomic E-state index is -0.294. The SMILES string of the molecule is COc1ccc(OC)c(-c2noc(-c3cc(Cl)ccc3Cl)c2CO)c1. The fraction of sp³-hybridized carbons (Fsp3) is 0.167. The van der Waals surface area contributed by atoms with Crippen LogP contribution < -0.4 is 9.47 Å². The third-order valence-electron chi connectivity index (χ3n) is 3.78. The first kappa shape index (κ1) is 17.6. The average molecular weight is 380 g/mol. The highest BCUT2D eigenvalue weighted by Crippen LogP contribution is 2.40. The second-order valence-electron chi connectivity index (χ2n) is 5.19. The Morgan fingerprint density at radius 3 is 2.52 bits per heavy atom. The van der Waals surface area contributed by atoms with Crippen molar-refractivity contribution in [2.24, 2.45) is 0 Å². The van der Waals surface area contributed by atoms with Gasteiger partial charge in [0, 0.05) is 16.1 Å². The van der Waals surface area contributed by atoms with Gasteiger partial charge in [0.25, 0.3) is 0 Å². The van der Waals surface area contributed by atoms with Gasteiger partial charge < -0.3 is 19.1 Å². The molecule has 1 heterocycles. The van der Waals surface area contributed by atoms with Gasteiger partial charge in [-0.2, -0.15) is 0 Å². The van der Waals surface area contributed by atoms with Crippen LogP contribution in [-0.2, 0) is 6.61 Å². The average Bonchev–Trinajstić information content (AvgIpc) is 3.06. The zero-order chi connectivity index (χ0) is 18.0. The predicted molar refractivity (Wildman–Crippen MR) is 96.4 cm³/mol. The van der Waals surface area contributed by atoms with Gasteiger partial charge in [-0.3, -0.25) is 0 Å². The summed E-state index contributed by atoms with van der Waals surface area (Å²) in [6, 6.07) is 10.3. The number of aromatic nitrogens is 1. The molecule has 1 aromatic heterocycles. The number of hydrogen-bond acceptors (Lipinski definition) is 5. The van der Waals surface area contributed by atoms with Crippen LogP contribution in [0.1, 0.15) is 5.56 Å². The molecule has 0 saturated heterocycles. The van der Waals surface area contributed by atoms with Crippen LogP contribution in [0.3, 0.4) is 0 Å². The molecule has 3 rings (SSSR count). The summed E-state index contributed by atoms with van der Waals surface area (Å²) in [6.45, 7) is -0.294. The summed E-state index contributed by atoms with van der Waals surface area (Å²) in [5.41, 5.74) is 2.12. The van der Waals surface area contributed by atoms with E-state index in [1.54, 1.807) is 50.6 Å². The van der Waals surface area contributed by atoms with Gasteiger partial charge >= 0.3 is 0 Å². The zero-order valence-corrected chi connectivity index (χ0v) is 15.1. The highest BCUT2D eigenvalue weighted by atomic mass is 35.5. The number of rotatable bonds is 5. The van der Waals surface area contributed by atoms with Gasteiger partial charge in [-0.1, -0.05) is 28.4 Å². The molecule has 0 radical (unpaired) electrons. The molecule has 0 spiro atoms. The monoisotopic (exact) mass is 379 g/mol. The number of nitrogens with zero attached hydrogens (tertiary/aromatic N) is 1. The Balaban J connectivity index is 2.21. The van der Waals surface area contributed by atoms with Crippen molar-refractivity contribution < 1.29 is 19.1 Å². The Morgan fingerprint density at radius 2 is 1.84 bits per heavy atom. The molecule has 2 aromatic carbocycles. The minimum absolute atomic E-state index is 0.294. The number of benzene rings is 2. The van der Waals surface area contributed by atoms with Crippen LogP contribution in [0.2, 0.25) is 10.0 Å². The largest absolute Gasteiger partial charge is 0.497 e. The van der Waals surface area contributed by atoms with Crippen LogP contribution in [-0.4, -0.2) is 24.5 Å². The molecule has 0 amide bonds. The van der Waals surface area contributed by atoms with E-state index in [-0.39, 0.29) is 6.61 Å². The van der Waals surface area contributed by atoms with Crippen LogP contribution >= 0.6 is 23.2 Å². The molecule has 0 unspecified atom stereocenters. The lowest BCUT2D eigenvalue weighted by Crippen LogP contribution is -1.94. The Bertz CT molecular complexity index is 908. The second-order valence-corrected chi connectivity index (χ2v) is 6.03. The van der Waals surface area contributed by atoms with Crippen molar-refractivity contribution in [1.82, 2.24) is 5.16 Å². The highest BCUT2D eigenvalue weighted by Gasteiger charge is 2.23. The predicted octanol–water partition coefficient (Wildman–Crippen LogP) is 4.82. The van der Waals surface area contributed by atoms with Gasteiger partial charge in [0.05, 0.1) is 31.4 Å². The summed E-state index contributed by atoms with van der Waals surface area (Å²) in [5.74, 6) is 1.56. The Morgan fingerprint density at radius 1 is 1.04 bits per heavy atom. The topological polar surface area (TPSA) is 64.7 Å². The highest BCUT2D eigenvalue weighted by molar-refractivity contribution is 6.35. The Hall–Kier alpha value is -2.21. The quantitative estimate of drug-likeness (QED) is 0.687. The molecule has 7 heteroatoms. The van der Waals surface area contributed by atoms with Gasteiger partial charge in [0.2, 0.25) is 0 Å². The maximum atomic E-state index is 9.91. The van der Waals surface area contributed by atoms with Crippen molar-refractivity contribution in [2.75, 3.05) is 14.2 Å². The van der Waals surface area contributed by atoms with Gasteiger partial charge in [-0.25, -0.2) is 0 Å². The lowest BCUT2D eigenvalue weighted by Gasteiger charge is -2.09. The first-order valence-corrected chi connectivity index (χ1v) is 8.11. The van der Waals surface area contributed by atoms with E-state index in [2.05, 4.69) is 5.16 Å². The van der Waals surface area contributed by atoms with Crippen LogP contribution in [0.4, 0.5) is 0 Å². The van der Waals surface area contributed by atoms with Gasteiger partial charge in [0.15, 0.2) is 5.76 Å².